The summed E-state index contributed by atoms with van der Waals surface area (Å²) in [5.74, 6) is -1.47. The molecule has 0 aromatic heterocycles. The number of nitrogens with one attached hydrogen (secondary N) is 1. The Morgan fingerprint density at radius 3 is 2.46 bits per heavy atom. The van der Waals surface area contributed by atoms with Gasteiger partial charge in [-0.2, -0.15) is 0 Å². The van der Waals surface area contributed by atoms with Crippen LogP contribution in [0, 0.1) is 0 Å². The number of fused-ring (bicyclic) bond motifs is 1. The van der Waals surface area contributed by atoms with Crippen LogP contribution in [0.1, 0.15) is 22.8 Å². The van der Waals surface area contributed by atoms with E-state index >= 15 is 0 Å². The minimum absolute atomic E-state index is 0.0401. The number of hydrogen-bond acceptors (Lipinski definition) is 2. The van der Waals surface area contributed by atoms with E-state index in [0.29, 0.717) is 4.47 Å². The van der Waals surface area contributed by atoms with Crippen molar-refractivity contribution in [3.63, 3.8) is 0 Å². The summed E-state index contributed by atoms with van der Waals surface area (Å²) in [5, 5.41) is 14.1. The molecule has 0 heterocycles. The lowest BCUT2D eigenvalue weighted by Crippen LogP contribution is -2.12. The van der Waals surface area contributed by atoms with E-state index in [4.69, 9.17) is 0 Å². The number of carboxylic acids is 1. The van der Waals surface area contributed by atoms with Gasteiger partial charge in [-0.15, -0.1) is 0 Å². The fourth-order valence-corrected chi connectivity index (χ4v) is 3.05. The van der Waals surface area contributed by atoms with Gasteiger partial charge in [0, 0.05) is 10.5 Å². The quantitative estimate of drug-likeness (QED) is 0.571. The van der Waals surface area contributed by atoms with Gasteiger partial charge < -0.3 is 10.4 Å². The summed E-state index contributed by atoms with van der Waals surface area (Å²) in [4.78, 5) is 23.7. The van der Waals surface area contributed by atoms with Gasteiger partial charge in [-0.05, 0) is 53.1 Å². The number of benzene rings is 3. The van der Waals surface area contributed by atoms with Crippen LogP contribution in [0.25, 0.3) is 16.3 Å². The first-order chi connectivity index (χ1) is 12.4. The molecule has 2 N–H and O–H groups in total. The van der Waals surface area contributed by atoms with Crippen molar-refractivity contribution in [2.24, 2.45) is 0 Å². The minimum atomic E-state index is -1.09. The predicted octanol–water partition coefficient (Wildman–Crippen LogP) is 5.34. The zero-order valence-corrected chi connectivity index (χ0v) is 15.6. The van der Waals surface area contributed by atoms with E-state index in [9.17, 15) is 14.7 Å². The predicted molar refractivity (Wildman–Crippen MR) is 107 cm³/mol. The molecule has 3 aromatic rings. The topological polar surface area (TPSA) is 66.4 Å². The summed E-state index contributed by atoms with van der Waals surface area (Å²) in [6.45, 7) is 1.85. The van der Waals surface area contributed by atoms with Crippen LogP contribution < -0.4 is 5.32 Å². The van der Waals surface area contributed by atoms with Crippen LogP contribution in [0.5, 0.6) is 0 Å². The molecule has 26 heavy (non-hydrogen) atoms. The molecule has 0 saturated heterocycles. The first-order valence-electron chi connectivity index (χ1n) is 7.95. The van der Waals surface area contributed by atoms with Gasteiger partial charge in [0.15, 0.2) is 0 Å². The number of aromatic carboxylic acids is 1. The van der Waals surface area contributed by atoms with Gasteiger partial charge >= 0.3 is 5.97 Å². The number of allylic oxidation sites excluding steroid dienone is 1. The number of carbonyl (C=O) groups excluding carboxylic acids is 1. The zero-order valence-electron chi connectivity index (χ0n) is 14.0. The first kappa shape index (κ1) is 17.9. The second-order valence-electron chi connectivity index (χ2n) is 5.87. The Bertz CT molecular complexity index is 1040. The van der Waals surface area contributed by atoms with Crippen molar-refractivity contribution in [1.82, 2.24) is 0 Å². The number of carboxylic acid groups (broad SMARTS) is 1. The van der Waals surface area contributed by atoms with Crippen LogP contribution >= 0.6 is 15.9 Å². The summed E-state index contributed by atoms with van der Waals surface area (Å²) < 4.78 is 0.688. The highest BCUT2D eigenvalue weighted by atomic mass is 79.9. The van der Waals surface area contributed by atoms with Crippen molar-refractivity contribution in [3.05, 3.63) is 82.3 Å². The normalized spacial score (nSPS) is 11.4. The molecule has 0 aliphatic heterocycles. The molecule has 5 heteroatoms. The molecule has 1 amide bonds. The first-order valence-corrected chi connectivity index (χ1v) is 8.74. The van der Waals surface area contributed by atoms with Crippen LogP contribution in [-0.4, -0.2) is 17.0 Å². The second kappa shape index (κ2) is 7.54. The molecule has 0 unspecified atom stereocenters. The Morgan fingerprint density at radius 1 is 1.00 bits per heavy atom. The van der Waals surface area contributed by atoms with E-state index in [-0.39, 0.29) is 17.2 Å². The molecule has 3 aromatic carbocycles. The highest BCUT2D eigenvalue weighted by molar-refractivity contribution is 9.10. The van der Waals surface area contributed by atoms with Crippen molar-refractivity contribution in [1.29, 1.82) is 0 Å². The fourth-order valence-electron chi connectivity index (χ4n) is 2.69. The van der Waals surface area contributed by atoms with Crippen molar-refractivity contribution in [2.45, 2.75) is 6.92 Å². The standard InChI is InChI=1S/C21H16BrNO3/c1-13(15-7-6-14-4-2-3-5-16(14)11-15)10-20(24)23-19-12-17(22)8-9-18(19)21(25)26/h2-12H,1H3,(H,23,24)(H,25,26)/b13-10-. The van der Waals surface area contributed by atoms with E-state index in [2.05, 4.69) is 21.2 Å². The summed E-state index contributed by atoms with van der Waals surface area (Å²) in [5.41, 5.74) is 2.02. The van der Waals surface area contributed by atoms with Crippen molar-refractivity contribution >= 4 is 49.8 Å². The highest BCUT2D eigenvalue weighted by Gasteiger charge is 2.12. The summed E-state index contributed by atoms with van der Waals surface area (Å²) in [6, 6.07) is 18.6. The van der Waals surface area contributed by atoms with Crippen molar-refractivity contribution in [3.8, 4) is 0 Å². The lowest BCUT2D eigenvalue weighted by molar-refractivity contribution is -0.111. The molecule has 0 radical (unpaired) electrons. The summed E-state index contributed by atoms with van der Waals surface area (Å²) >= 11 is 3.29. The Morgan fingerprint density at radius 2 is 1.73 bits per heavy atom. The fraction of sp³-hybridized carbons (Fsp3) is 0.0476. The maximum absolute atomic E-state index is 12.4. The van der Waals surface area contributed by atoms with Crippen LogP contribution in [0.15, 0.2) is 71.2 Å². The van der Waals surface area contributed by atoms with E-state index in [1.165, 1.54) is 12.1 Å². The third-order valence-electron chi connectivity index (χ3n) is 4.02. The molecule has 0 aliphatic carbocycles. The number of rotatable bonds is 4. The monoisotopic (exact) mass is 409 g/mol. The van der Waals surface area contributed by atoms with Crippen LogP contribution in [0.4, 0.5) is 5.69 Å². The van der Waals surface area contributed by atoms with Crippen molar-refractivity contribution < 1.29 is 14.7 Å². The molecule has 0 bridgehead atoms. The maximum Gasteiger partial charge on any atom is 0.337 e. The van der Waals surface area contributed by atoms with Gasteiger partial charge in [0.05, 0.1) is 11.3 Å². The molecule has 0 saturated carbocycles. The third kappa shape index (κ3) is 4.00. The number of hydrogen-bond donors (Lipinski definition) is 2. The Hall–Kier alpha value is -2.92. The molecule has 130 valence electrons. The Labute approximate surface area is 159 Å². The average molecular weight is 410 g/mol. The molecular formula is C21H16BrNO3. The van der Waals surface area contributed by atoms with Gasteiger partial charge in [0.2, 0.25) is 5.91 Å². The lowest BCUT2D eigenvalue weighted by atomic mass is 10.0. The summed E-state index contributed by atoms with van der Waals surface area (Å²) in [6.07, 6.45) is 1.47. The Balaban J connectivity index is 1.86. The van der Waals surface area contributed by atoms with E-state index in [1.807, 2.05) is 49.4 Å². The SMILES string of the molecule is C/C(=C/C(=O)Nc1cc(Br)ccc1C(=O)O)c1ccc2ccccc2c1. The van der Waals surface area contributed by atoms with Crippen LogP contribution in [0.2, 0.25) is 0 Å². The zero-order chi connectivity index (χ0) is 18.7. The molecule has 3 rings (SSSR count). The number of halogens is 1. The minimum Gasteiger partial charge on any atom is -0.478 e. The molecule has 0 spiro atoms. The van der Waals surface area contributed by atoms with Crippen molar-refractivity contribution in [2.75, 3.05) is 5.32 Å². The lowest BCUT2D eigenvalue weighted by Gasteiger charge is -2.08. The van der Waals surface area contributed by atoms with E-state index in [0.717, 1.165) is 21.9 Å². The van der Waals surface area contributed by atoms with Gasteiger partial charge in [-0.3, -0.25) is 4.79 Å². The molecular weight excluding hydrogens is 394 g/mol. The van der Waals surface area contributed by atoms with E-state index < -0.39 is 5.97 Å². The summed E-state index contributed by atoms with van der Waals surface area (Å²) in [7, 11) is 0. The number of carbonyl (C=O) groups is 2. The van der Waals surface area contributed by atoms with Crippen LogP contribution in [0.3, 0.4) is 0 Å². The maximum atomic E-state index is 12.4. The van der Waals surface area contributed by atoms with Gasteiger partial charge in [0.1, 0.15) is 0 Å². The average Bonchev–Trinajstić information content (AvgIpc) is 2.61. The highest BCUT2D eigenvalue weighted by Crippen LogP contribution is 2.23. The second-order valence-corrected chi connectivity index (χ2v) is 6.79. The third-order valence-corrected chi connectivity index (χ3v) is 4.52. The molecule has 0 aliphatic rings. The number of amides is 1. The molecule has 4 nitrogen and oxygen atoms in total. The van der Waals surface area contributed by atoms with E-state index in [1.54, 1.807) is 12.1 Å². The van der Waals surface area contributed by atoms with Gasteiger partial charge in [0.25, 0.3) is 0 Å². The van der Waals surface area contributed by atoms with Gasteiger partial charge in [-0.1, -0.05) is 52.3 Å². The van der Waals surface area contributed by atoms with Crippen LogP contribution in [-0.2, 0) is 4.79 Å². The Kier molecular flexibility index (Phi) is 5.19. The molecule has 0 fully saturated rings. The largest absolute Gasteiger partial charge is 0.478 e. The number of anilines is 1. The van der Waals surface area contributed by atoms with Gasteiger partial charge in [-0.25, -0.2) is 4.79 Å². The smallest absolute Gasteiger partial charge is 0.337 e. The molecule has 0 atom stereocenters.